The summed E-state index contributed by atoms with van der Waals surface area (Å²) in [6, 6.07) is 5.79. The van der Waals surface area contributed by atoms with Crippen molar-refractivity contribution in [2.24, 2.45) is 5.84 Å². The van der Waals surface area contributed by atoms with Gasteiger partial charge in [0.1, 0.15) is 0 Å². The first-order valence-electron chi connectivity index (χ1n) is 5.55. The summed E-state index contributed by atoms with van der Waals surface area (Å²) < 4.78 is 1.82. The van der Waals surface area contributed by atoms with Crippen LogP contribution >= 0.6 is 0 Å². The molecule has 2 rings (SSSR count). The van der Waals surface area contributed by atoms with Crippen molar-refractivity contribution in [1.29, 1.82) is 0 Å². The Morgan fingerprint density at radius 1 is 1.41 bits per heavy atom. The third-order valence-electron chi connectivity index (χ3n) is 2.66. The average molecular weight is 231 g/mol. The van der Waals surface area contributed by atoms with Gasteiger partial charge in [0, 0.05) is 6.54 Å². The standard InChI is InChI=1S/C12H17N5/c1-3-16-8-10(7-15-16)17(14)12-5-4-9(2)6-11(12)13/h4-8H,3,13-14H2,1-2H3. The van der Waals surface area contributed by atoms with Crippen molar-refractivity contribution in [2.75, 3.05) is 10.7 Å². The minimum atomic E-state index is 0.664. The number of nitrogens with two attached hydrogens (primary N) is 2. The maximum Gasteiger partial charge on any atom is 0.0955 e. The molecule has 0 fully saturated rings. The van der Waals surface area contributed by atoms with E-state index in [1.54, 1.807) is 11.2 Å². The molecule has 5 nitrogen and oxygen atoms in total. The van der Waals surface area contributed by atoms with Gasteiger partial charge >= 0.3 is 0 Å². The molecule has 0 radical (unpaired) electrons. The Morgan fingerprint density at radius 3 is 2.76 bits per heavy atom. The van der Waals surface area contributed by atoms with Crippen molar-refractivity contribution in [2.45, 2.75) is 20.4 Å². The quantitative estimate of drug-likeness (QED) is 0.480. The van der Waals surface area contributed by atoms with E-state index in [1.807, 2.05) is 42.9 Å². The smallest absolute Gasteiger partial charge is 0.0955 e. The van der Waals surface area contributed by atoms with E-state index in [4.69, 9.17) is 11.6 Å². The Kier molecular flexibility index (Phi) is 3.01. The predicted octanol–water partition coefficient (Wildman–Crippen LogP) is 1.81. The van der Waals surface area contributed by atoms with Crippen LogP contribution in [0, 0.1) is 6.92 Å². The number of anilines is 3. The lowest BCUT2D eigenvalue weighted by molar-refractivity contribution is 0.660. The number of rotatable bonds is 3. The van der Waals surface area contributed by atoms with Gasteiger partial charge in [0.05, 0.1) is 29.5 Å². The van der Waals surface area contributed by atoms with E-state index in [1.165, 1.54) is 0 Å². The first-order valence-corrected chi connectivity index (χ1v) is 5.55. The summed E-state index contributed by atoms with van der Waals surface area (Å²) in [6.07, 6.45) is 3.61. The Bertz CT molecular complexity index is 517. The van der Waals surface area contributed by atoms with Crippen molar-refractivity contribution in [1.82, 2.24) is 9.78 Å². The molecular formula is C12H17N5. The number of nitrogens with zero attached hydrogens (tertiary/aromatic N) is 3. The Balaban J connectivity index is 2.33. The summed E-state index contributed by atoms with van der Waals surface area (Å²) in [4.78, 5) is 0. The van der Waals surface area contributed by atoms with E-state index in [2.05, 4.69) is 5.10 Å². The first-order chi connectivity index (χ1) is 8.11. The van der Waals surface area contributed by atoms with Gasteiger partial charge in [0.15, 0.2) is 0 Å². The van der Waals surface area contributed by atoms with Crippen LogP contribution in [0.5, 0.6) is 0 Å². The molecular weight excluding hydrogens is 214 g/mol. The summed E-state index contributed by atoms with van der Waals surface area (Å²) >= 11 is 0. The highest BCUT2D eigenvalue weighted by molar-refractivity contribution is 5.73. The van der Waals surface area contributed by atoms with Crippen LogP contribution in [0.1, 0.15) is 12.5 Å². The van der Waals surface area contributed by atoms with E-state index in [0.717, 1.165) is 23.5 Å². The molecule has 90 valence electrons. The molecule has 0 aliphatic carbocycles. The van der Waals surface area contributed by atoms with Gasteiger partial charge in [-0.2, -0.15) is 5.10 Å². The molecule has 1 aromatic heterocycles. The van der Waals surface area contributed by atoms with Crippen LogP contribution in [-0.2, 0) is 6.54 Å². The number of hydrogen-bond acceptors (Lipinski definition) is 4. The second-order valence-corrected chi connectivity index (χ2v) is 3.99. The summed E-state index contributed by atoms with van der Waals surface area (Å²) in [7, 11) is 0. The second kappa shape index (κ2) is 4.47. The normalized spacial score (nSPS) is 10.5. The molecule has 2 aromatic rings. The van der Waals surface area contributed by atoms with Crippen LogP contribution in [0.25, 0.3) is 0 Å². The molecule has 0 bridgehead atoms. The van der Waals surface area contributed by atoms with Crippen LogP contribution in [0.2, 0.25) is 0 Å². The van der Waals surface area contributed by atoms with Crippen molar-refractivity contribution in [3.8, 4) is 0 Å². The fourth-order valence-corrected chi connectivity index (χ4v) is 1.68. The molecule has 5 heteroatoms. The van der Waals surface area contributed by atoms with Gasteiger partial charge in [-0.1, -0.05) is 6.07 Å². The SMILES string of the molecule is CCn1cc(N(N)c2ccc(C)cc2N)cn1. The topological polar surface area (TPSA) is 73.1 Å². The summed E-state index contributed by atoms with van der Waals surface area (Å²) in [5.74, 6) is 6.04. The lowest BCUT2D eigenvalue weighted by atomic mass is 10.2. The number of benzene rings is 1. The van der Waals surface area contributed by atoms with Gasteiger partial charge in [-0.05, 0) is 31.5 Å². The van der Waals surface area contributed by atoms with E-state index >= 15 is 0 Å². The summed E-state index contributed by atoms with van der Waals surface area (Å²) in [5, 5.41) is 5.73. The molecule has 1 heterocycles. The van der Waals surface area contributed by atoms with Gasteiger partial charge < -0.3 is 5.73 Å². The molecule has 17 heavy (non-hydrogen) atoms. The number of nitrogen functional groups attached to an aromatic ring is 1. The lowest BCUT2D eigenvalue weighted by Crippen LogP contribution is -2.25. The van der Waals surface area contributed by atoms with Crippen LogP contribution < -0.4 is 16.6 Å². The van der Waals surface area contributed by atoms with Gasteiger partial charge in [-0.3, -0.25) is 9.69 Å². The molecule has 0 saturated heterocycles. The van der Waals surface area contributed by atoms with Gasteiger partial charge in [0.25, 0.3) is 0 Å². The predicted molar refractivity (Wildman–Crippen MR) is 69.8 cm³/mol. The van der Waals surface area contributed by atoms with Crippen LogP contribution in [0.15, 0.2) is 30.6 Å². The van der Waals surface area contributed by atoms with Gasteiger partial charge in [-0.25, -0.2) is 5.84 Å². The zero-order valence-corrected chi connectivity index (χ0v) is 10.1. The highest BCUT2D eigenvalue weighted by atomic mass is 15.4. The fraction of sp³-hybridized carbons (Fsp3) is 0.250. The summed E-state index contributed by atoms with van der Waals surface area (Å²) in [6.45, 7) is 4.84. The third kappa shape index (κ3) is 2.24. The Labute approximate surface area is 101 Å². The van der Waals surface area contributed by atoms with Crippen LogP contribution in [0.4, 0.5) is 17.1 Å². The molecule has 1 aromatic carbocycles. The highest BCUT2D eigenvalue weighted by Crippen LogP contribution is 2.27. The minimum absolute atomic E-state index is 0.664. The molecule has 0 saturated carbocycles. The molecule has 0 atom stereocenters. The molecule has 4 N–H and O–H groups in total. The first kappa shape index (κ1) is 11.5. The van der Waals surface area contributed by atoms with E-state index in [-0.39, 0.29) is 0 Å². The zero-order valence-electron chi connectivity index (χ0n) is 10.1. The lowest BCUT2D eigenvalue weighted by Gasteiger charge is -2.18. The van der Waals surface area contributed by atoms with Crippen LogP contribution in [0.3, 0.4) is 0 Å². The van der Waals surface area contributed by atoms with E-state index in [9.17, 15) is 0 Å². The molecule has 0 unspecified atom stereocenters. The molecule has 0 amide bonds. The Hall–Kier alpha value is -2.01. The monoisotopic (exact) mass is 231 g/mol. The van der Waals surface area contributed by atoms with Crippen molar-refractivity contribution < 1.29 is 0 Å². The second-order valence-electron chi connectivity index (χ2n) is 3.99. The third-order valence-corrected chi connectivity index (χ3v) is 2.66. The summed E-state index contributed by atoms with van der Waals surface area (Å²) in [5.41, 5.74) is 9.33. The van der Waals surface area contributed by atoms with Crippen LogP contribution in [-0.4, -0.2) is 9.78 Å². The maximum absolute atomic E-state index is 6.04. The molecule has 0 aliphatic rings. The van der Waals surface area contributed by atoms with Crippen molar-refractivity contribution in [3.63, 3.8) is 0 Å². The fourth-order valence-electron chi connectivity index (χ4n) is 1.68. The number of aryl methyl sites for hydroxylation is 2. The maximum atomic E-state index is 6.04. The minimum Gasteiger partial charge on any atom is -0.397 e. The van der Waals surface area contributed by atoms with Gasteiger partial charge in [-0.15, -0.1) is 0 Å². The van der Waals surface area contributed by atoms with Crippen molar-refractivity contribution >= 4 is 17.1 Å². The largest absolute Gasteiger partial charge is 0.397 e. The molecule has 0 spiro atoms. The number of hydrogen-bond donors (Lipinski definition) is 2. The molecule has 0 aliphatic heterocycles. The van der Waals surface area contributed by atoms with Gasteiger partial charge in [0.2, 0.25) is 0 Å². The highest BCUT2D eigenvalue weighted by Gasteiger charge is 2.10. The average Bonchev–Trinajstić information content (AvgIpc) is 2.76. The van der Waals surface area contributed by atoms with E-state index < -0.39 is 0 Å². The Morgan fingerprint density at radius 2 is 2.18 bits per heavy atom. The number of aromatic nitrogens is 2. The van der Waals surface area contributed by atoms with E-state index in [0.29, 0.717) is 5.69 Å². The zero-order chi connectivity index (χ0) is 12.4. The van der Waals surface area contributed by atoms with Crippen molar-refractivity contribution in [3.05, 3.63) is 36.2 Å². The number of hydrazine groups is 1.